The Morgan fingerprint density at radius 1 is 1.35 bits per heavy atom. The third kappa shape index (κ3) is 3.95. The molecule has 0 bridgehead atoms. The van der Waals surface area contributed by atoms with Gasteiger partial charge >= 0.3 is 0 Å². The molecule has 0 amide bonds. The molecular formula is C16H29N3S. The van der Waals surface area contributed by atoms with E-state index in [2.05, 4.69) is 45.0 Å². The molecule has 0 radical (unpaired) electrons. The molecule has 1 aliphatic rings. The van der Waals surface area contributed by atoms with Gasteiger partial charge in [0.2, 0.25) is 0 Å². The van der Waals surface area contributed by atoms with Crippen LogP contribution in [0, 0.1) is 5.92 Å². The minimum atomic E-state index is 0.556. The molecule has 1 atom stereocenters. The molecule has 1 N–H and O–H groups in total. The van der Waals surface area contributed by atoms with Crippen molar-refractivity contribution in [1.82, 2.24) is 10.3 Å². The molecule has 1 aromatic heterocycles. The lowest BCUT2D eigenvalue weighted by Crippen LogP contribution is -2.29. The van der Waals surface area contributed by atoms with Crippen molar-refractivity contribution in [1.29, 1.82) is 0 Å². The second-order valence-corrected chi connectivity index (χ2v) is 7.51. The highest BCUT2D eigenvalue weighted by Gasteiger charge is 2.30. The van der Waals surface area contributed by atoms with Crippen molar-refractivity contribution >= 4 is 16.5 Å². The van der Waals surface area contributed by atoms with Gasteiger partial charge in [-0.05, 0) is 38.6 Å². The van der Waals surface area contributed by atoms with Gasteiger partial charge in [-0.3, -0.25) is 0 Å². The van der Waals surface area contributed by atoms with Crippen molar-refractivity contribution in [3.63, 3.8) is 0 Å². The number of anilines is 1. The summed E-state index contributed by atoms with van der Waals surface area (Å²) >= 11 is 1.88. The zero-order valence-corrected chi connectivity index (χ0v) is 14.4. The van der Waals surface area contributed by atoms with Crippen LogP contribution in [0.15, 0.2) is 0 Å². The Hall–Kier alpha value is -0.610. The minimum Gasteiger partial charge on any atom is -0.348 e. The zero-order chi connectivity index (χ0) is 14.7. The maximum atomic E-state index is 4.96. The Labute approximate surface area is 127 Å². The molecule has 2 rings (SSSR count). The summed E-state index contributed by atoms with van der Waals surface area (Å²) in [6, 6.07) is 0.556. The molecule has 1 aromatic rings. The summed E-state index contributed by atoms with van der Waals surface area (Å²) in [5.41, 5.74) is 1.37. The van der Waals surface area contributed by atoms with E-state index in [1.807, 2.05) is 11.3 Å². The number of hydrogen-bond acceptors (Lipinski definition) is 4. The number of rotatable bonds is 8. The predicted octanol–water partition coefficient (Wildman–Crippen LogP) is 4.00. The smallest absolute Gasteiger partial charge is 0.185 e. The average Bonchev–Trinajstić information content (AvgIpc) is 3.15. The van der Waals surface area contributed by atoms with Crippen molar-refractivity contribution in [2.45, 2.75) is 65.5 Å². The lowest BCUT2D eigenvalue weighted by atomic mass is 10.0. The predicted molar refractivity (Wildman–Crippen MR) is 88.8 cm³/mol. The molecule has 0 saturated heterocycles. The largest absolute Gasteiger partial charge is 0.348 e. The summed E-state index contributed by atoms with van der Waals surface area (Å²) in [6.07, 6.45) is 3.87. The van der Waals surface area contributed by atoms with Crippen molar-refractivity contribution in [2.75, 3.05) is 18.5 Å². The van der Waals surface area contributed by atoms with Crippen molar-refractivity contribution < 1.29 is 0 Å². The summed E-state index contributed by atoms with van der Waals surface area (Å²) < 4.78 is 0. The Bertz CT molecular complexity index is 423. The molecule has 0 spiro atoms. The molecule has 1 heterocycles. The van der Waals surface area contributed by atoms with E-state index in [0.717, 1.165) is 24.9 Å². The molecule has 114 valence electrons. The van der Waals surface area contributed by atoms with E-state index in [-0.39, 0.29) is 0 Å². The van der Waals surface area contributed by atoms with Crippen LogP contribution in [0.1, 0.15) is 63.4 Å². The van der Waals surface area contributed by atoms with Crippen LogP contribution in [0.2, 0.25) is 0 Å². The second-order valence-electron chi connectivity index (χ2n) is 6.45. The van der Waals surface area contributed by atoms with Gasteiger partial charge in [0.1, 0.15) is 0 Å². The van der Waals surface area contributed by atoms with Crippen molar-refractivity contribution in [3.05, 3.63) is 10.6 Å². The lowest BCUT2D eigenvalue weighted by Gasteiger charge is -2.25. The molecule has 20 heavy (non-hydrogen) atoms. The monoisotopic (exact) mass is 295 g/mol. The first kappa shape index (κ1) is 15.8. The standard InChI is InChI=1S/C16H29N3S/c1-6-17-10-14-15(13-7-8-13)18-16(20-14)19(5)12(4)9-11(2)3/h11-13,17H,6-10H2,1-5H3. The van der Waals surface area contributed by atoms with E-state index in [4.69, 9.17) is 4.98 Å². The number of aromatic nitrogens is 1. The first-order valence-electron chi connectivity index (χ1n) is 7.96. The summed E-state index contributed by atoms with van der Waals surface area (Å²) in [6.45, 7) is 11.1. The lowest BCUT2D eigenvalue weighted by molar-refractivity contribution is 0.503. The maximum Gasteiger partial charge on any atom is 0.185 e. The Balaban J connectivity index is 2.10. The van der Waals surface area contributed by atoms with Gasteiger partial charge in [-0.15, -0.1) is 11.3 Å². The SMILES string of the molecule is CCNCc1sc(N(C)C(C)CC(C)C)nc1C1CC1. The quantitative estimate of drug-likeness (QED) is 0.785. The topological polar surface area (TPSA) is 28.2 Å². The van der Waals surface area contributed by atoms with Gasteiger partial charge < -0.3 is 10.2 Å². The van der Waals surface area contributed by atoms with Crippen molar-refractivity contribution in [3.8, 4) is 0 Å². The van der Waals surface area contributed by atoms with Crippen LogP contribution in [0.5, 0.6) is 0 Å². The number of nitrogens with one attached hydrogen (secondary N) is 1. The third-order valence-electron chi connectivity index (χ3n) is 3.99. The highest BCUT2D eigenvalue weighted by atomic mass is 32.1. The molecule has 1 fully saturated rings. The normalized spacial score (nSPS) is 16.7. The second kappa shape index (κ2) is 6.90. The van der Waals surface area contributed by atoms with E-state index in [1.54, 1.807) is 0 Å². The van der Waals surface area contributed by atoms with Gasteiger partial charge in [0.15, 0.2) is 5.13 Å². The van der Waals surface area contributed by atoms with Crippen LogP contribution in [-0.4, -0.2) is 24.6 Å². The van der Waals surface area contributed by atoms with Crippen LogP contribution in [0.3, 0.4) is 0 Å². The van der Waals surface area contributed by atoms with E-state index in [1.165, 1.54) is 35.0 Å². The van der Waals surface area contributed by atoms with Gasteiger partial charge in [0.05, 0.1) is 5.69 Å². The van der Waals surface area contributed by atoms with Crippen LogP contribution >= 0.6 is 11.3 Å². The Morgan fingerprint density at radius 2 is 2.05 bits per heavy atom. The van der Waals surface area contributed by atoms with Crippen LogP contribution in [-0.2, 0) is 6.54 Å². The fraction of sp³-hybridized carbons (Fsp3) is 0.812. The minimum absolute atomic E-state index is 0.556. The van der Waals surface area contributed by atoms with E-state index < -0.39 is 0 Å². The van der Waals surface area contributed by atoms with E-state index in [0.29, 0.717) is 6.04 Å². The van der Waals surface area contributed by atoms with E-state index >= 15 is 0 Å². The molecular weight excluding hydrogens is 266 g/mol. The summed E-state index contributed by atoms with van der Waals surface area (Å²) in [5, 5.41) is 4.66. The van der Waals surface area contributed by atoms with Gasteiger partial charge in [0, 0.05) is 30.4 Å². The number of nitrogens with zero attached hydrogens (tertiary/aromatic N) is 2. The third-order valence-corrected chi connectivity index (χ3v) is 5.15. The average molecular weight is 295 g/mol. The highest BCUT2D eigenvalue weighted by Crippen LogP contribution is 2.44. The number of hydrogen-bond donors (Lipinski definition) is 1. The Kier molecular flexibility index (Phi) is 5.44. The molecule has 1 unspecified atom stereocenters. The fourth-order valence-corrected chi connectivity index (χ4v) is 3.75. The van der Waals surface area contributed by atoms with Gasteiger partial charge in [-0.1, -0.05) is 20.8 Å². The van der Waals surface area contributed by atoms with Gasteiger partial charge in [-0.25, -0.2) is 4.98 Å². The van der Waals surface area contributed by atoms with Crippen LogP contribution in [0.25, 0.3) is 0 Å². The first-order chi connectivity index (χ1) is 9.52. The first-order valence-corrected chi connectivity index (χ1v) is 8.77. The molecule has 4 heteroatoms. The summed E-state index contributed by atoms with van der Waals surface area (Å²) in [7, 11) is 2.19. The summed E-state index contributed by atoms with van der Waals surface area (Å²) in [5.74, 6) is 1.47. The molecule has 0 aromatic carbocycles. The zero-order valence-electron chi connectivity index (χ0n) is 13.6. The molecule has 1 aliphatic carbocycles. The molecule has 3 nitrogen and oxygen atoms in total. The summed E-state index contributed by atoms with van der Waals surface area (Å²) in [4.78, 5) is 8.78. The number of thiazole rings is 1. The van der Waals surface area contributed by atoms with Crippen LogP contribution < -0.4 is 10.2 Å². The Morgan fingerprint density at radius 3 is 2.60 bits per heavy atom. The van der Waals surface area contributed by atoms with Crippen molar-refractivity contribution in [2.24, 2.45) is 5.92 Å². The molecule has 1 saturated carbocycles. The van der Waals surface area contributed by atoms with Crippen LogP contribution in [0.4, 0.5) is 5.13 Å². The maximum absolute atomic E-state index is 4.96. The molecule has 0 aliphatic heterocycles. The van der Waals surface area contributed by atoms with E-state index in [9.17, 15) is 0 Å². The van der Waals surface area contributed by atoms with Gasteiger partial charge in [0.25, 0.3) is 0 Å². The van der Waals surface area contributed by atoms with Gasteiger partial charge in [-0.2, -0.15) is 0 Å². The highest BCUT2D eigenvalue weighted by molar-refractivity contribution is 7.15. The fourth-order valence-electron chi connectivity index (χ4n) is 2.57.